The van der Waals surface area contributed by atoms with Crippen molar-refractivity contribution in [3.05, 3.63) is 0 Å². The molecule has 1 aliphatic carbocycles. The highest BCUT2D eigenvalue weighted by atomic mass is 16.5. The second-order valence-electron chi connectivity index (χ2n) is 5.34. The Bertz CT molecular complexity index is 274. The lowest BCUT2D eigenvalue weighted by Crippen LogP contribution is -2.50. The molecule has 1 saturated heterocycles. The highest BCUT2D eigenvalue weighted by Crippen LogP contribution is 2.39. The number of ether oxygens (including phenoxy) is 2. The first-order valence-electron chi connectivity index (χ1n) is 6.63. The van der Waals surface area contributed by atoms with Crippen LogP contribution in [0.2, 0.25) is 0 Å². The molecule has 1 spiro atoms. The van der Waals surface area contributed by atoms with Crippen LogP contribution in [0.1, 0.15) is 45.4 Å². The molecule has 2 unspecified atom stereocenters. The molecule has 0 aromatic heterocycles. The van der Waals surface area contributed by atoms with Gasteiger partial charge in [-0.15, -0.1) is 0 Å². The molecule has 1 saturated carbocycles. The molecule has 1 aliphatic heterocycles. The molecule has 0 amide bonds. The first kappa shape index (κ1) is 12.8. The van der Waals surface area contributed by atoms with Gasteiger partial charge in [0, 0.05) is 12.6 Å². The summed E-state index contributed by atoms with van der Waals surface area (Å²) in [5.74, 6) is -0.183. The lowest BCUT2D eigenvalue weighted by molar-refractivity contribution is -0.143. The van der Waals surface area contributed by atoms with Crippen molar-refractivity contribution in [3.8, 4) is 0 Å². The smallest absolute Gasteiger partial charge is 0.322 e. The molecule has 2 rings (SSSR count). The zero-order valence-corrected chi connectivity index (χ0v) is 10.8. The second kappa shape index (κ2) is 5.36. The molecule has 98 valence electrons. The average molecular weight is 241 g/mol. The van der Waals surface area contributed by atoms with Crippen molar-refractivity contribution in [2.45, 2.75) is 63.1 Å². The minimum Gasteiger partial charge on any atom is -0.468 e. The van der Waals surface area contributed by atoms with Crippen molar-refractivity contribution in [2.24, 2.45) is 0 Å². The van der Waals surface area contributed by atoms with Gasteiger partial charge in [-0.05, 0) is 32.6 Å². The maximum absolute atomic E-state index is 11.4. The summed E-state index contributed by atoms with van der Waals surface area (Å²) in [6.45, 7) is 2.67. The third-order valence-electron chi connectivity index (χ3n) is 4.05. The minimum absolute atomic E-state index is 0.103. The Morgan fingerprint density at radius 3 is 2.82 bits per heavy atom. The number of hydrogen-bond acceptors (Lipinski definition) is 4. The first-order chi connectivity index (χ1) is 8.15. The molecule has 1 N–H and O–H groups in total. The molecule has 0 aromatic carbocycles. The van der Waals surface area contributed by atoms with Crippen LogP contribution in [0.25, 0.3) is 0 Å². The SMILES string of the molecule is COC(=O)C(C)NC1CCOC2(CCCC2)C1. The average Bonchev–Trinajstić information content (AvgIpc) is 2.76. The van der Waals surface area contributed by atoms with E-state index in [0.717, 1.165) is 19.4 Å². The first-order valence-corrected chi connectivity index (χ1v) is 6.63. The molecule has 2 fully saturated rings. The fourth-order valence-electron chi connectivity index (χ4n) is 3.14. The van der Waals surface area contributed by atoms with Gasteiger partial charge in [-0.25, -0.2) is 0 Å². The fraction of sp³-hybridized carbons (Fsp3) is 0.923. The zero-order chi connectivity index (χ0) is 12.3. The van der Waals surface area contributed by atoms with Crippen molar-refractivity contribution in [1.29, 1.82) is 0 Å². The molecular formula is C13H23NO3. The zero-order valence-electron chi connectivity index (χ0n) is 10.8. The molecule has 1 heterocycles. The van der Waals surface area contributed by atoms with Gasteiger partial charge in [0.25, 0.3) is 0 Å². The van der Waals surface area contributed by atoms with E-state index in [-0.39, 0.29) is 17.6 Å². The second-order valence-corrected chi connectivity index (χ2v) is 5.34. The van der Waals surface area contributed by atoms with Crippen LogP contribution in [0.15, 0.2) is 0 Å². The van der Waals surface area contributed by atoms with Crippen molar-refractivity contribution in [1.82, 2.24) is 5.32 Å². The van der Waals surface area contributed by atoms with Crippen LogP contribution in [-0.4, -0.2) is 37.4 Å². The summed E-state index contributed by atoms with van der Waals surface area (Å²) in [6, 6.07) is 0.164. The van der Waals surface area contributed by atoms with Gasteiger partial charge >= 0.3 is 5.97 Å². The fourth-order valence-corrected chi connectivity index (χ4v) is 3.14. The highest BCUT2D eigenvalue weighted by Gasteiger charge is 2.40. The largest absolute Gasteiger partial charge is 0.468 e. The highest BCUT2D eigenvalue weighted by molar-refractivity contribution is 5.75. The Morgan fingerprint density at radius 2 is 2.18 bits per heavy atom. The number of rotatable bonds is 3. The van der Waals surface area contributed by atoms with E-state index < -0.39 is 0 Å². The van der Waals surface area contributed by atoms with Crippen LogP contribution >= 0.6 is 0 Å². The van der Waals surface area contributed by atoms with Crippen molar-refractivity contribution in [3.63, 3.8) is 0 Å². The van der Waals surface area contributed by atoms with Crippen LogP contribution in [0.5, 0.6) is 0 Å². The quantitative estimate of drug-likeness (QED) is 0.763. The van der Waals surface area contributed by atoms with Crippen LogP contribution in [0.3, 0.4) is 0 Å². The Labute approximate surface area is 103 Å². The Balaban J connectivity index is 1.87. The molecule has 2 atom stereocenters. The third kappa shape index (κ3) is 2.99. The summed E-state index contributed by atoms with van der Waals surface area (Å²) in [6.07, 6.45) is 6.94. The van der Waals surface area contributed by atoms with Gasteiger partial charge in [0.2, 0.25) is 0 Å². The van der Waals surface area contributed by atoms with Gasteiger partial charge < -0.3 is 14.8 Å². The maximum atomic E-state index is 11.4. The molecule has 0 radical (unpaired) electrons. The topological polar surface area (TPSA) is 47.6 Å². The Morgan fingerprint density at radius 1 is 1.47 bits per heavy atom. The molecule has 4 heteroatoms. The van der Waals surface area contributed by atoms with E-state index in [1.165, 1.54) is 32.8 Å². The van der Waals surface area contributed by atoms with Crippen molar-refractivity contribution >= 4 is 5.97 Å². The van der Waals surface area contributed by atoms with E-state index in [4.69, 9.17) is 9.47 Å². The molecule has 2 aliphatic rings. The van der Waals surface area contributed by atoms with Crippen LogP contribution < -0.4 is 5.32 Å². The minimum atomic E-state index is -0.221. The van der Waals surface area contributed by atoms with Crippen LogP contribution in [-0.2, 0) is 14.3 Å². The summed E-state index contributed by atoms with van der Waals surface area (Å²) >= 11 is 0. The van der Waals surface area contributed by atoms with Crippen molar-refractivity contribution in [2.75, 3.05) is 13.7 Å². The Hall–Kier alpha value is -0.610. The summed E-state index contributed by atoms with van der Waals surface area (Å²) in [5.41, 5.74) is 0.103. The van der Waals surface area contributed by atoms with E-state index in [9.17, 15) is 4.79 Å². The normalized spacial score (nSPS) is 29.2. The van der Waals surface area contributed by atoms with Crippen molar-refractivity contribution < 1.29 is 14.3 Å². The summed E-state index contributed by atoms with van der Waals surface area (Å²) < 4.78 is 10.7. The van der Waals surface area contributed by atoms with Gasteiger partial charge in [0.15, 0.2) is 0 Å². The van der Waals surface area contributed by atoms with E-state index in [1.54, 1.807) is 0 Å². The number of nitrogens with one attached hydrogen (secondary N) is 1. The number of carbonyl (C=O) groups is 1. The van der Waals surface area contributed by atoms with Gasteiger partial charge in [0.1, 0.15) is 6.04 Å². The third-order valence-corrected chi connectivity index (χ3v) is 4.05. The summed E-state index contributed by atoms with van der Waals surface area (Å²) in [5, 5.41) is 3.37. The predicted octanol–water partition coefficient (Wildman–Crippen LogP) is 1.63. The summed E-state index contributed by atoms with van der Waals surface area (Å²) in [7, 11) is 1.43. The predicted molar refractivity (Wildman–Crippen MR) is 64.8 cm³/mol. The number of hydrogen-bond donors (Lipinski definition) is 1. The van der Waals surface area contributed by atoms with E-state index in [1.807, 2.05) is 6.92 Å². The number of carbonyl (C=O) groups excluding carboxylic acids is 1. The van der Waals surface area contributed by atoms with Gasteiger partial charge in [-0.3, -0.25) is 4.79 Å². The lowest BCUT2D eigenvalue weighted by Gasteiger charge is -2.39. The van der Waals surface area contributed by atoms with E-state index in [0.29, 0.717) is 6.04 Å². The molecular weight excluding hydrogens is 218 g/mol. The molecule has 4 nitrogen and oxygen atoms in total. The standard InChI is InChI=1S/C13H23NO3/c1-10(12(15)16-2)14-11-5-8-17-13(9-11)6-3-4-7-13/h10-11,14H,3-9H2,1-2H3. The van der Waals surface area contributed by atoms with Gasteiger partial charge in [-0.2, -0.15) is 0 Å². The maximum Gasteiger partial charge on any atom is 0.322 e. The van der Waals surface area contributed by atoms with E-state index in [2.05, 4.69) is 5.32 Å². The molecule has 0 aromatic rings. The lowest BCUT2D eigenvalue weighted by atomic mass is 9.88. The van der Waals surface area contributed by atoms with Gasteiger partial charge in [-0.1, -0.05) is 12.8 Å². The number of methoxy groups -OCH3 is 1. The van der Waals surface area contributed by atoms with Gasteiger partial charge in [0.05, 0.1) is 12.7 Å². The molecule has 17 heavy (non-hydrogen) atoms. The summed E-state index contributed by atoms with van der Waals surface area (Å²) in [4.78, 5) is 11.4. The van der Waals surface area contributed by atoms with Crippen LogP contribution in [0, 0.1) is 0 Å². The number of esters is 1. The van der Waals surface area contributed by atoms with E-state index >= 15 is 0 Å². The Kier molecular flexibility index (Phi) is 4.05. The molecule has 0 bridgehead atoms. The monoisotopic (exact) mass is 241 g/mol. The van der Waals surface area contributed by atoms with Crippen LogP contribution in [0.4, 0.5) is 0 Å².